The normalized spacial score (nSPS) is 10.0. The zero-order valence-electron chi connectivity index (χ0n) is 13.3. The molecule has 1 aromatic heterocycles. The third-order valence-corrected chi connectivity index (χ3v) is 4.02. The number of anilines is 3. The number of rotatable bonds is 4. The van der Waals surface area contributed by atoms with E-state index in [-0.39, 0.29) is 5.69 Å². The van der Waals surface area contributed by atoms with E-state index in [1.54, 1.807) is 54.6 Å². The Kier molecular flexibility index (Phi) is 5.37. The van der Waals surface area contributed by atoms with Crippen molar-refractivity contribution in [1.29, 1.82) is 5.26 Å². The number of nitriles is 1. The number of carbonyl (C=O) groups excluding carboxylic acids is 1. The zero-order valence-corrected chi connectivity index (χ0v) is 14.8. The van der Waals surface area contributed by atoms with Gasteiger partial charge in [0.1, 0.15) is 5.69 Å². The Morgan fingerprint density at radius 2 is 1.77 bits per heavy atom. The summed E-state index contributed by atoms with van der Waals surface area (Å²) in [6, 6.07) is 17.2. The van der Waals surface area contributed by atoms with Crippen molar-refractivity contribution in [3.05, 3.63) is 82.1 Å². The van der Waals surface area contributed by atoms with Crippen molar-refractivity contribution in [3.8, 4) is 6.07 Å². The summed E-state index contributed by atoms with van der Waals surface area (Å²) in [5.41, 5.74) is 2.74. The van der Waals surface area contributed by atoms with Gasteiger partial charge in [-0.2, -0.15) is 5.26 Å². The fourth-order valence-electron chi connectivity index (χ4n) is 2.20. The van der Waals surface area contributed by atoms with Gasteiger partial charge in [0.15, 0.2) is 0 Å². The standard InChI is InChI=1S/C19H12Cl2N4O/c20-13-3-6-17(16(21)9-13)25-19(26)18-10-15(7-8-23-18)24-14-4-1-12(11-22)2-5-14/h1-10H,(H,23,24)(H,25,26). The van der Waals surface area contributed by atoms with Gasteiger partial charge in [0.25, 0.3) is 5.91 Å². The maximum Gasteiger partial charge on any atom is 0.274 e. The van der Waals surface area contributed by atoms with Crippen molar-refractivity contribution < 1.29 is 4.79 Å². The number of nitrogens with one attached hydrogen (secondary N) is 2. The largest absolute Gasteiger partial charge is 0.355 e. The van der Waals surface area contributed by atoms with Gasteiger partial charge in [-0.1, -0.05) is 23.2 Å². The molecule has 0 saturated carbocycles. The molecule has 0 spiro atoms. The minimum Gasteiger partial charge on any atom is -0.355 e. The molecule has 0 unspecified atom stereocenters. The molecular weight excluding hydrogens is 371 g/mol. The third-order valence-electron chi connectivity index (χ3n) is 3.47. The Balaban J connectivity index is 1.75. The fraction of sp³-hybridized carbons (Fsp3) is 0. The number of aromatic nitrogens is 1. The molecule has 0 radical (unpaired) electrons. The predicted octanol–water partition coefficient (Wildman–Crippen LogP) is 5.26. The highest BCUT2D eigenvalue weighted by atomic mass is 35.5. The molecule has 2 N–H and O–H groups in total. The first kappa shape index (κ1) is 17.7. The average molecular weight is 383 g/mol. The number of hydrogen-bond donors (Lipinski definition) is 2. The van der Waals surface area contributed by atoms with Gasteiger partial charge in [0, 0.05) is 22.6 Å². The minimum atomic E-state index is -0.391. The average Bonchev–Trinajstić information content (AvgIpc) is 2.65. The molecule has 0 fully saturated rings. The second-order valence-corrected chi connectivity index (χ2v) is 6.17. The van der Waals surface area contributed by atoms with Crippen molar-refractivity contribution in [2.75, 3.05) is 10.6 Å². The van der Waals surface area contributed by atoms with Crippen LogP contribution in [0.25, 0.3) is 0 Å². The lowest BCUT2D eigenvalue weighted by Crippen LogP contribution is -2.14. The number of halogens is 2. The maximum atomic E-state index is 12.4. The molecule has 26 heavy (non-hydrogen) atoms. The smallest absolute Gasteiger partial charge is 0.274 e. The first-order valence-electron chi connectivity index (χ1n) is 7.55. The molecule has 0 aliphatic rings. The minimum absolute atomic E-state index is 0.231. The highest BCUT2D eigenvalue weighted by molar-refractivity contribution is 6.36. The Bertz CT molecular complexity index is 997. The predicted molar refractivity (Wildman–Crippen MR) is 103 cm³/mol. The molecule has 2 aromatic carbocycles. The molecule has 3 aromatic rings. The van der Waals surface area contributed by atoms with Crippen LogP contribution in [0.15, 0.2) is 60.8 Å². The Morgan fingerprint density at radius 3 is 2.46 bits per heavy atom. The lowest BCUT2D eigenvalue weighted by Gasteiger charge is -2.09. The lowest BCUT2D eigenvalue weighted by atomic mass is 10.2. The summed E-state index contributed by atoms with van der Waals surface area (Å²) in [5.74, 6) is -0.391. The molecule has 5 nitrogen and oxygen atoms in total. The van der Waals surface area contributed by atoms with Crippen LogP contribution in [0.4, 0.5) is 17.1 Å². The van der Waals surface area contributed by atoms with Crippen molar-refractivity contribution in [2.24, 2.45) is 0 Å². The van der Waals surface area contributed by atoms with Crippen molar-refractivity contribution in [1.82, 2.24) is 4.98 Å². The summed E-state index contributed by atoms with van der Waals surface area (Å²) in [7, 11) is 0. The Hall–Kier alpha value is -3.07. The first-order valence-corrected chi connectivity index (χ1v) is 8.30. The monoisotopic (exact) mass is 382 g/mol. The molecule has 0 aliphatic heterocycles. The SMILES string of the molecule is N#Cc1ccc(Nc2ccnc(C(=O)Nc3ccc(Cl)cc3Cl)c2)cc1. The van der Waals surface area contributed by atoms with E-state index in [4.69, 9.17) is 28.5 Å². The van der Waals surface area contributed by atoms with Crippen LogP contribution in [0, 0.1) is 11.3 Å². The molecule has 3 rings (SSSR count). The zero-order chi connectivity index (χ0) is 18.5. The van der Waals surface area contributed by atoms with Gasteiger partial charge in [-0.25, -0.2) is 0 Å². The molecule has 128 valence electrons. The fourth-order valence-corrected chi connectivity index (χ4v) is 2.66. The number of hydrogen-bond acceptors (Lipinski definition) is 4. The number of amides is 1. The van der Waals surface area contributed by atoms with Gasteiger partial charge in [0.2, 0.25) is 0 Å². The Labute approximate surface area is 160 Å². The van der Waals surface area contributed by atoms with E-state index in [0.29, 0.717) is 27.0 Å². The van der Waals surface area contributed by atoms with Gasteiger partial charge in [-0.15, -0.1) is 0 Å². The van der Waals surface area contributed by atoms with E-state index >= 15 is 0 Å². The van der Waals surface area contributed by atoms with E-state index in [1.165, 1.54) is 6.20 Å². The molecule has 0 aliphatic carbocycles. The molecule has 0 saturated heterocycles. The summed E-state index contributed by atoms with van der Waals surface area (Å²) in [6.45, 7) is 0. The highest BCUT2D eigenvalue weighted by Gasteiger charge is 2.11. The van der Waals surface area contributed by atoms with Gasteiger partial charge in [-0.3, -0.25) is 9.78 Å². The number of benzene rings is 2. The number of nitrogens with zero attached hydrogens (tertiary/aromatic N) is 2. The highest BCUT2D eigenvalue weighted by Crippen LogP contribution is 2.26. The second kappa shape index (κ2) is 7.87. The molecule has 1 amide bonds. The molecule has 0 bridgehead atoms. The summed E-state index contributed by atoms with van der Waals surface area (Å²) in [4.78, 5) is 16.5. The second-order valence-electron chi connectivity index (χ2n) is 5.32. The van der Waals surface area contributed by atoms with Gasteiger partial charge >= 0.3 is 0 Å². The van der Waals surface area contributed by atoms with E-state index < -0.39 is 5.91 Å². The first-order chi connectivity index (χ1) is 12.5. The van der Waals surface area contributed by atoms with Crippen LogP contribution in [-0.4, -0.2) is 10.9 Å². The molecule has 7 heteroatoms. The molecular formula is C19H12Cl2N4O. The van der Waals surface area contributed by atoms with E-state index in [2.05, 4.69) is 21.7 Å². The quantitative estimate of drug-likeness (QED) is 0.645. The van der Waals surface area contributed by atoms with Crippen molar-refractivity contribution in [3.63, 3.8) is 0 Å². The van der Waals surface area contributed by atoms with Crippen LogP contribution in [0.3, 0.4) is 0 Å². The van der Waals surface area contributed by atoms with E-state index in [1.807, 2.05) is 0 Å². The summed E-state index contributed by atoms with van der Waals surface area (Å²) >= 11 is 11.9. The Morgan fingerprint density at radius 1 is 1.00 bits per heavy atom. The number of pyridine rings is 1. The summed E-state index contributed by atoms with van der Waals surface area (Å²) in [5, 5.41) is 15.5. The van der Waals surface area contributed by atoms with Crippen LogP contribution in [0.1, 0.15) is 16.1 Å². The lowest BCUT2D eigenvalue weighted by molar-refractivity contribution is 0.102. The molecule has 1 heterocycles. The van der Waals surface area contributed by atoms with Gasteiger partial charge in [-0.05, 0) is 54.6 Å². The maximum absolute atomic E-state index is 12.4. The summed E-state index contributed by atoms with van der Waals surface area (Å²) in [6.07, 6.45) is 1.53. The van der Waals surface area contributed by atoms with Crippen molar-refractivity contribution >= 4 is 46.2 Å². The van der Waals surface area contributed by atoms with E-state index in [9.17, 15) is 4.79 Å². The number of carbonyl (C=O) groups is 1. The van der Waals surface area contributed by atoms with Crippen LogP contribution < -0.4 is 10.6 Å². The van der Waals surface area contributed by atoms with Crippen LogP contribution in [0.2, 0.25) is 10.0 Å². The van der Waals surface area contributed by atoms with Crippen molar-refractivity contribution in [2.45, 2.75) is 0 Å². The topological polar surface area (TPSA) is 77.8 Å². The van der Waals surface area contributed by atoms with Crippen LogP contribution in [-0.2, 0) is 0 Å². The van der Waals surface area contributed by atoms with E-state index in [0.717, 1.165) is 5.69 Å². The third kappa shape index (κ3) is 4.31. The van der Waals surface area contributed by atoms with Gasteiger partial charge in [0.05, 0.1) is 22.3 Å². The van der Waals surface area contributed by atoms with Gasteiger partial charge < -0.3 is 10.6 Å². The van der Waals surface area contributed by atoms with Crippen LogP contribution in [0.5, 0.6) is 0 Å². The molecule has 0 atom stereocenters. The van der Waals surface area contributed by atoms with Crippen LogP contribution >= 0.6 is 23.2 Å². The summed E-state index contributed by atoms with van der Waals surface area (Å²) < 4.78 is 0.